The maximum Gasteiger partial charge on any atom is 0.209 e. The Bertz CT molecular complexity index is 598. The molecule has 21 heavy (non-hydrogen) atoms. The lowest BCUT2D eigenvalue weighted by Crippen LogP contribution is -2.45. The zero-order valence-electron chi connectivity index (χ0n) is 12.6. The molecule has 118 valence electrons. The van der Waals surface area contributed by atoms with Crippen molar-refractivity contribution in [1.29, 1.82) is 0 Å². The smallest absolute Gasteiger partial charge is 0.209 e. The fraction of sp³-hybridized carbons (Fsp3) is 0.571. The van der Waals surface area contributed by atoms with E-state index in [1.54, 1.807) is 13.0 Å². The second-order valence-corrected chi connectivity index (χ2v) is 7.39. The Hall–Kier alpha value is -1.18. The van der Waals surface area contributed by atoms with Gasteiger partial charge in [0.1, 0.15) is 5.82 Å². The molecule has 1 fully saturated rings. The Balaban J connectivity index is 2.29. The quantitative estimate of drug-likeness (QED) is 0.907. The molecule has 0 saturated carbocycles. The molecule has 2 rings (SSSR count). The molecule has 1 aromatic carbocycles. The highest BCUT2D eigenvalue weighted by molar-refractivity contribution is 7.88. The van der Waals surface area contributed by atoms with Crippen LogP contribution in [0, 0.1) is 5.82 Å². The molecule has 1 aliphatic rings. The summed E-state index contributed by atoms with van der Waals surface area (Å²) in [6.07, 6.45) is 1.11. The van der Waals surface area contributed by atoms with Crippen molar-refractivity contribution in [2.24, 2.45) is 0 Å². The number of hydrogen-bond donors (Lipinski definition) is 1. The van der Waals surface area contributed by atoms with Crippen LogP contribution in [0.15, 0.2) is 18.2 Å². The SMILES string of the molecule is C[C@@H](NS(C)(=O)=O)c1cc(F)ccc1N1CCN(C)CC1. The molecular formula is C14H22FN3O2S. The lowest BCUT2D eigenvalue weighted by molar-refractivity contribution is 0.312. The number of likely N-dealkylation sites (N-methyl/N-ethyl adjacent to an activating group) is 1. The summed E-state index contributed by atoms with van der Waals surface area (Å²) in [6, 6.07) is 4.10. The van der Waals surface area contributed by atoms with E-state index in [9.17, 15) is 12.8 Å². The second-order valence-electron chi connectivity index (χ2n) is 5.61. The molecule has 1 heterocycles. The molecule has 1 N–H and O–H groups in total. The molecule has 1 saturated heterocycles. The van der Waals surface area contributed by atoms with Gasteiger partial charge in [-0.15, -0.1) is 0 Å². The van der Waals surface area contributed by atoms with E-state index in [4.69, 9.17) is 0 Å². The van der Waals surface area contributed by atoms with Crippen LogP contribution in [-0.2, 0) is 10.0 Å². The van der Waals surface area contributed by atoms with Crippen molar-refractivity contribution in [3.63, 3.8) is 0 Å². The Labute approximate surface area is 125 Å². The molecule has 7 heteroatoms. The normalized spacial score (nSPS) is 18.8. The average molecular weight is 315 g/mol. The number of nitrogens with zero attached hydrogens (tertiary/aromatic N) is 2. The molecule has 0 aliphatic carbocycles. The molecule has 0 spiro atoms. The van der Waals surface area contributed by atoms with Gasteiger partial charge < -0.3 is 9.80 Å². The number of halogens is 1. The van der Waals surface area contributed by atoms with Crippen LogP contribution in [0.25, 0.3) is 0 Å². The maximum atomic E-state index is 13.6. The van der Waals surface area contributed by atoms with E-state index in [2.05, 4.69) is 21.6 Å². The van der Waals surface area contributed by atoms with E-state index in [0.29, 0.717) is 5.56 Å². The number of anilines is 1. The van der Waals surface area contributed by atoms with Crippen LogP contribution in [0.4, 0.5) is 10.1 Å². The highest BCUT2D eigenvalue weighted by atomic mass is 32.2. The maximum absolute atomic E-state index is 13.6. The van der Waals surface area contributed by atoms with Gasteiger partial charge in [0.2, 0.25) is 10.0 Å². The highest BCUT2D eigenvalue weighted by Crippen LogP contribution is 2.28. The Morgan fingerprint density at radius 2 is 1.86 bits per heavy atom. The van der Waals surface area contributed by atoms with E-state index in [0.717, 1.165) is 38.1 Å². The summed E-state index contributed by atoms with van der Waals surface area (Å²) in [6.45, 7) is 5.30. The Morgan fingerprint density at radius 3 is 2.43 bits per heavy atom. The van der Waals surface area contributed by atoms with E-state index >= 15 is 0 Å². The van der Waals surface area contributed by atoms with Crippen LogP contribution in [0.3, 0.4) is 0 Å². The van der Waals surface area contributed by atoms with E-state index in [-0.39, 0.29) is 5.82 Å². The Morgan fingerprint density at radius 1 is 1.24 bits per heavy atom. The van der Waals surface area contributed by atoms with Gasteiger partial charge in [-0.2, -0.15) is 0 Å². The number of benzene rings is 1. The molecule has 0 bridgehead atoms. The molecule has 0 radical (unpaired) electrons. The average Bonchev–Trinajstić information content (AvgIpc) is 2.38. The van der Waals surface area contributed by atoms with Crippen LogP contribution < -0.4 is 9.62 Å². The third kappa shape index (κ3) is 4.39. The van der Waals surface area contributed by atoms with Crippen molar-refractivity contribution in [3.8, 4) is 0 Å². The van der Waals surface area contributed by atoms with Crippen molar-refractivity contribution >= 4 is 15.7 Å². The van der Waals surface area contributed by atoms with Gasteiger partial charge in [0, 0.05) is 37.9 Å². The molecule has 0 aromatic heterocycles. The molecular weight excluding hydrogens is 293 g/mol. The number of piperazine rings is 1. The van der Waals surface area contributed by atoms with Gasteiger partial charge in [-0.05, 0) is 37.7 Å². The molecule has 0 amide bonds. The zero-order valence-corrected chi connectivity index (χ0v) is 13.5. The van der Waals surface area contributed by atoms with Gasteiger partial charge in [-0.1, -0.05) is 0 Å². The summed E-state index contributed by atoms with van der Waals surface area (Å²) in [7, 11) is -1.27. The lowest BCUT2D eigenvalue weighted by atomic mass is 10.0. The molecule has 1 aromatic rings. The van der Waals surface area contributed by atoms with Gasteiger partial charge in [-0.3, -0.25) is 0 Å². The van der Waals surface area contributed by atoms with Crippen molar-refractivity contribution in [2.75, 3.05) is 44.4 Å². The summed E-state index contributed by atoms with van der Waals surface area (Å²) in [4.78, 5) is 4.41. The first-order chi connectivity index (χ1) is 9.76. The third-order valence-electron chi connectivity index (χ3n) is 3.69. The lowest BCUT2D eigenvalue weighted by Gasteiger charge is -2.36. The predicted octanol–water partition coefficient (Wildman–Crippen LogP) is 1.19. The van der Waals surface area contributed by atoms with Gasteiger partial charge in [0.05, 0.1) is 6.26 Å². The van der Waals surface area contributed by atoms with E-state index in [1.807, 2.05) is 0 Å². The minimum Gasteiger partial charge on any atom is -0.369 e. The molecule has 5 nitrogen and oxygen atoms in total. The van der Waals surface area contributed by atoms with Crippen LogP contribution in [0.1, 0.15) is 18.5 Å². The molecule has 1 aliphatic heterocycles. The minimum atomic E-state index is -3.34. The minimum absolute atomic E-state index is 0.356. The standard InChI is InChI=1S/C14H22FN3O2S/c1-11(16-21(3,19)20)13-10-12(15)4-5-14(13)18-8-6-17(2)7-9-18/h4-5,10-11,16H,6-9H2,1-3H3/t11-/m1/s1. The summed E-state index contributed by atoms with van der Waals surface area (Å²) in [5.41, 5.74) is 1.57. The number of hydrogen-bond acceptors (Lipinski definition) is 4. The van der Waals surface area contributed by atoms with Crippen molar-refractivity contribution in [3.05, 3.63) is 29.6 Å². The first-order valence-electron chi connectivity index (χ1n) is 6.96. The van der Waals surface area contributed by atoms with Crippen molar-refractivity contribution < 1.29 is 12.8 Å². The number of nitrogens with one attached hydrogen (secondary N) is 1. The topological polar surface area (TPSA) is 52.7 Å². The van der Waals surface area contributed by atoms with Crippen LogP contribution in [0.2, 0.25) is 0 Å². The molecule has 1 atom stereocenters. The van der Waals surface area contributed by atoms with Crippen molar-refractivity contribution in [2.45, 2.75) is 13.0 Å². The Kier molecular flexibility index (Phi) is 4.85. The first kappa shape index (κ1) is 16.2. The number of rotatable bonds is 4. The van der Waals surface area contributed by atoms with Gasteiger partial charge in [0.15, 0.2) is 0 Å². The summed E-state index contributed by atoms with van der Waals surface area (Å²) < 4.78 is 38.9. The third-order valence-corrected chi connectivity index (χ3v) is 4.47. The zero-order chi connectivity index (χ0) is 15.6. The van der Waals surface area contributed by atoms with Crippen LogP contribution in [-0.4, -0.2) is 52.8 Å². The van der Waals surface area contributed by atoms with Crippen LogP contribution in [0.5, 0.6) is 0 Å². The van der Waals surface area contributed by atoms with E-state index < -0.39 is 16.1 Å². The largest absolute Gasteiger partial charge is 0.369 e. The van der Waals surface area contributed by atoms with Gasteiger partial charge in [0.25, 0.3) is 0 Å². The second kappa shape index (κ2) is 6.29. The fourth-order valence-corrected chi connectivity index (χ4v) is 3.36. The summed E-state index contributed by atoms with van der Waals surface area (Å²) in [5, 5.41) is 0. The van der Waals surface area contributed by atoms with Gasteiger partial charge in [-0.25, -0.2) is 17.5 Å². The van der Waals surface area contributed by atoms with Crippen LogP contribution >= 0.6 is 0 Å². The summed E-state index contributed by atoms with van der Waals surface area (Å²) in [5.74, 6) is -0.356. The predicted molar refractivity (Wildman–Crippen MR) is 82.5 cm³/mol. The fourth-order valence-electron chi connectivity index (χ4n) is 2.59. The monoisotopic (exact) mass is 315 g/mol. The highest BCUT2D eigenvalue weighted by Gasteiger charge is 2.21. The van der Waals surface area contributed by atoms with Crippen molar-refractivity contribution in [1.82, 2.24) is 9.62 Å². The number of sulfonamides is 1. The van der Waals surface area contributed by atoms with E-state index in [1.165, 1.54) is 12.1 Å². The summed E-state index contributed by atoms with van der Waals surface area (Å²) >= 11 is 0. The first-order valence-corrected chi connectivity index (χ1v) is 8.85. The van der Waals surface area contributed by atoms with Gasteiger partial charge >= 0.3 is 0 Å². The molecule has 0 unspecified atom stereocenters.